The zero-order valence-corrected chi connectivity index (χ0v) is 27.0. The molecule has 2 N–H and O–H groups in total. The van der Waals surface area contributed by atoms with Gasteiger partial charge in [-0.1, -0.05) is 47.5 Å². The van der Waals surface area contributed by atoms with Crippen molar-refractivity contribution in [1.82, 2.24) is 9.91 Å². The molecule has 48 heavy (non-hydrogen) atoms. The van der Waals surface area contributed by atoms with Crippen LogP contribution < -0.4 is 5.43 Å². The number of halogens is 2. The molecule has 0 bridgehead atoms. The predicted octanol–water partition coefficient (Wildman–Crippen LogP) is 5.55. The molecule has 2 heterocycles. The van der Waals surface area contributed by atoms with Crippen molar-refractivity contribution >= 4 is 47.0 Å². The summed E-state index contributed by atoms with van der Waals surface area (Å²) in [4.78, 5) is 70.1. The number of rotatable bonds is 4. The summed E-state index contributed by atoms with van der Waals surface area (Å²) in [7, 11) is 1.09. The number of imide groups is 4. The first-order valence-corrected chi connectivity index (χ1v) is 15.9. The van der Waals surface area contributed by atoms with Crippen LogP contribution in [-0.2, 0) is 29.3 Å². The number of anilines is 1. The number of aryl methyl sites for hydroxylation is 2. The zero-order valence-electron chi connectivity index (χ0n) is 26.2. The molecule has 6 unspecified atom stereocenters. The van der Waals surface area contributed by atoms with E-state index in [0.717, 1.165) is 12.1 Å². The van der Waals surface area contributed by atoms with Crippen LogP contribution in [0.2, 0.25) is 5.02 Å². The standard InChI is InChI=1S/C36H31ClFN3O7/c1-17-14-19(15-18(2)30(17)42)29-24-12-13-25-28(33(45)40(31(25)43)35(47)48-3)26(24)16-27-32(44)41(39-23-10-8-22(38)9-11-23)34(46)36(27,29)20-4-6-21(37)7-5-20/h4-12,14-15,25-29,39,42H,13,16H2,1-3H3. The van der Waals surface area contributed by atoms with Gasteiger partial charge >= 0.3 is 6.09 Å². The minimum atomic E-state index is -1.56. The second-order valence-corrected chi connectivity index (χ2v) is 13.3. The smallest absolute Gasteiger partial charge is 0.423 e. The quantitative estimate of drug-likeness (QED) is 0.272. The van der Waals surface area contributed by atoms with E-state index >= 15 is 4.79 Å². The van der Waals surface area contributed by atoms with Crippen LogP contribution in [0.5, 0.6) is 5.75 Å². The van der Waals surface area contributed by atoms with Gasteiger partial charge in [-0.2, -0.15) is 9.91 Å². The Hall–Kier alpha value is -5.03. The molecule has 0 aromatic heterocycles. The molecule has 4 aliphatic rings. The molecule has 2 saturated heterocycles. The molecular weight excluding hydrogens is 641 g/mol. The largest absolute Gasteiger partial charge is 0.507 e. The van der Waals surface area contributed by atoms with E-state index < -0.39 is 70.5 Å². The number of carbonyl (C=O) groups is 5. The van der Waals surface area contributed by atoms with E-state index in [-0.39, 0.29) is 18.6 Å². The number of hydrazine groups is 1. The number of ether oxygens (including phenoxy) is 1. The van der Waals surface area contributed by atoms with Gasteiger partial charge in [0.25, 0.3) is 11.8 Å². The Labute approximate surface area is 280 Å². The number of methoxy groups -OCH3 is 1. The predicted molar refractivity (Wildman–Crippen MR) is 171 cm³/mol. The minimum Gasteiger partial charge on any atom is -0.507 e. The topological polar surface area (TPSA) is 133 Å². The molecule has 3 fully saturated rings. The molecule has 1 saturated carbocycles. The van der Waals surface area contributed by atoms with E-state index in [0.29, 0.717) is 43.4 Å². The molecule has 0 spiro atoms. The monoisotopic (exact) mass is 671 g/mol. The third-order valence-electron chi connectivity index (χ3n) is 10.5. The van der Waals surface area contributed by atoms with Gasteiger partial charge in [0.2, 0.25) is 11.8 Å². The SMILES string of the molecule is COC(=O)N1C(=O)C2CC=C3C(CC4C(=O)N(Nc5ccc(F)cc5)C(=O)C4(c4ccc(Cl)cc4)C3c3cc(C)c(O)c(C)c3)C2C1=O. The van der Waals surface area contributed by atoms with Crippen LogP contribution in [0.1, 0.15) is 41.0 Å². The molecule has 2 aliphatic carbocycles. The van der Waals surface area contributed by atoms with Crippen LogP contribution in [0.4, 0.5) is 14.9 Å². The Morgan fingerprint density at radius 2 is 1.60 bits per heavy atom. The molecule has 10 nitrogen and oxygen atoms in total. The molecule has 5 amide bonds. The van der Waals surface area contributed by atoms with E-state index in [9.17, 15) is 28.7 Å². The number of nitrogens with one attached hydrogen (secondary N) is 1. The van der Waals surface area contributed by atoms with Crippen molar-refractivity contribution in [2.45, 2.75) is 38.0 Å². The molecule has 7 rings (SSSR count). The average molecular weight is 672 g/mol. The lowest BCUT2D eigenvalue weighted by Gasteiger charge is -2.50. The summed E-state index contributed by atoms with van der Waals surface area (Å²) in [6.07, 6.45) is 0.932. The van der Waals surface area contributed by atoms with Gasteiger partial charge in [0.05, 0.1) is 36.0 Å². The average Bonchev–Trinajstić information content (AvgIpc) is 3.45. The number of amides is 5. The summed E-state index contributed by atoms with van der Waals surface area (Å²) in [5.74, 6) is -7.31. The fourth-order valence-electron chi connectivity index (χ4n) is 8.46. The maximum Gasteiger partial charge on any atom is 0.423 e. The molecular formula is C36H31ClFN3O7. The highest BCUT2D eigenvalue weighted by atomic mass is 35.5. The summed E-state index contributed by atoms with van der Waals surface area (Å²) >= 11 is 6.31. The van der Waals surface area contributed by atoms with Gasteiger partial charge in [0, 0.05) is 10.9 Å². The number of phenolic OH excluding ortho intramolecular Hbond substituents is 1. The molecule has 0 radical (unpaired) electrons. The molecule has 6 atom stereocenters. The molecule has 3 aromatic carbocycles. The van der Waals surface area contributed by atoms with E-state index in [1.54, 1.807) is 50.2 Å². The second kappa shape index (κ2) is 11.3. The van der Waals surface area contributed by atoms with Crippen molar-refractivity contribution in [3.05, 3.63) is 105 Å². The van der Waals surface area contributed by atoms with Crippen molar-refractivity contribution in [1.29, 1.82) is 0 Å². The summed E-state index contributed by atoms with van der Waals surface area (Å²) in [5, 5.41) is 12.1. The van der Waals surface area contributed by atoms with Crippen LogP contribution in [-0.4, -0.2) is 51.8 Å². The number of likely N-dealkylation sites (tertiary alicyclic amines) is 1. The van der Waals surface area contributed by atoms with Gasteiger partial charge < -0.3 is 9.84 Å². The lowest BCUT2D eigenvalue weighted by molar-refractivity contribution is -0.140. The first-order valence-electron chi connectivity index (χ1n) is 15.5. The number of nitrogens with zero attached hydrogens (tertiary/aromatic N) is 2. The molecule has 2 aliphatic heterocycles. The van der Waals surface area contributed by atoms with Gasteiger partial charge in [-0.05, 0) is 91.3 Å². The number of benzene rings is 3. The van der Waals surface area contributed by atoms with Gasteiger partial charge in [-0.15, -0.1) is 0 Å². The van der Waals surface area contributed by atoms with Gasteiger partial charge in [-0.3, -0.25) is 24.6 Å². The number of fused-ring (bicyclic) bond motifs is 4. The highest BCUT2D eigenvalue weighted by Crippen LogP contribution is 2.64. The number of carbonyl (C=O) groups excluding carboxylic acids is 5. The molecule has 246 valence electrons. The fraction of sp³-hybridized carbons (Fsp3) is 0.306. The first kappa shape index (κ1) is 31.6. The number of phenols is 1. The molecule has 12 heteroatoms. The highest BCUT2D eigenvalue weighted by Gasteiger charge is 2.70. The Morgan fingerprint density at radius 1 is 0.958 bits per heavy atom. The van der Waals surface area contributed by atoms with Crippen LogP contribution in [0.3, 0.4) is 0 Å². The Bertz CT molecular complexity index is 1920. The summed E-state index contributed by atoms with van der Waals surface area (Å²) in [5.41, 5.74) is 4.56. The van der Waals surface area contributed by atoms with Crippen LogP contribution in [0.15, 0.2) is 72.3 Å². The molecule has 3 aromatic rings. The minimum absolute atomic E-state index is 0.0162. The number of allylic oxidation sites excluding steroid dienone is 2. The Morgan fingerprint density at radius 3 is 2.23 bits per heavy atom. The van der Waals surface area contributed by atoms with E-state index in [2.05, 4.69) is 5.43 Å². The maximum absolute atomic E-state index is 15.1. The van der Waals surface area contributed by atoms with Crippen LogP contribution in [0, 0.1) is 43.3 Å². The van der Waals surface area contributed by atoms with Crippen LogP contribution >= 0.6 is 11.6 Å². The number of hydrogen-bond donors (Lipinski definition) is 2. The van der Waals surface area contributed by atoms with E-state index in [1.165, 1.54) is 24.3 Å². The Kier molecular flexibility index (Phi) is 7.43. The van der Waals surface area contributed by atoms with Gasteiger partial charge in [0.1, 0.15) is 11.6 Å². The first-order chi connectivity index (χ1) is 22.9. The van der Waals surface area contributed by atoms with Crippen molar-refractivity contribution in [3.8, 4) is 5.75 Å². The third-order valence-corrected chi connectivity index (χ3v) is 10.7. The van der Waals surface area contributed by atoms with E-state index in [4.69, 9.17) is 16.3 Å². The summed E-state index contributed by atoms with van der Waals surface area (Å²) in [6, 6.07) is 15.5. The number of aromatic hydroxyl groups is 1. The van der Waals surface area contributed by atoms with Crippen LogP contribution in [0.25, 0.3) is 0 Å². The fourth-order valence-corrected chi connectivity index (χ4v) is 8.58. The van der Waals surface area contributed by atoms with Crippen molar-refractivity contribution < 1.29 is 38.2 Å². The number of hydrogen-bond acceptors (Lipinski definition) is 8. The third kappa shape index (κ3) is 4.40. The van der Waals surface area contributed by atoms with Crippen molar-refractivity contribution in [2.24, 2.45) is 23.7 Å². The normalized spacial score (nSPS) is 27.8. The lowest BCUT2D eigenvalue weighted by Crippen LogP contribution is -2.53. The summed E-state index contributed by atoms with van der Waals surface area (Å²) < 4.78 is 18.5. The van der Waals surface area contributed by atoms with Crippen molar-refractivity contribution in [2.75, 3.05) is 12.5 Å². The van der Waals surface area contributed by atoms with Crippen molar-refractivity contribution in [3.63, 3.8) is 0 Å². The summed E-state index contributed by atoms with van der Waals surface area (Å²) in [6.45, 7) is 3.47. The van der Waals surface area contributed by atoms with Gasteiger partial charge in [0.15, 0.2) is 0 Å². The highest BCUT2D eigenvalue weighted by molar-refractivity contribution is 6.30. The lowest BCUT2D eigenvalue weighted by atomic mass is 9.49. The zero-order chi connectivity index (χ0) is 34.2. The second-order valence-electron chi connectivity index (χ2n) is 12.9. The maximum atomic E-state index is 15.1. The van der Waals surface area contributed by atoms with E-state index in [1.807, 2.05) is 6.08 Å². The van der Waals surface area contributed by atoms with Gasteiger partial charge in [-0.25, -0.2) is 9.18 Å². The Balaban J connectivity index is 1.47.